The van der Waals surface area contributed by atoms with Gasteiger partial charge in [0.2, 0.25) is 6.71 Å². The number of rotatable bonds is 5. The summed E-state index contributed by atoms with van der Waals surface area (Å²) in [7, 11) is 0. The summed E-state index contributed by atoms with van der Waals surface area (Å²) in [5, 5.41) is 0. The molecule has 0 bridgehead atoms. The highest BCUT2D eigenvalue weighted by atomic mass is 14.1. The summed E-state index contributed by atoms with van der Waals surface area (Å²) in [6, 6.07) is 9.28. The van der Waals surface area contributed by atoms with Gasteiger partial charge >= 0.3 is 0 Å². The maximum Gasteiger partial charge on any atom is 0.238 e. The van der Waals surface area contributed by atoms with Crippen LogP contribution in [0, 0.1) is 41.5 Å². The van der Waals surface area contributed by atoms with Gasteiger partial charge in [-0.3, -0.25) is 0 Å². The van der Waals surface area contributed by atoms with Crippen molar-refractivity contribution in [2.45, 2.75) is 62.3 Å². The molecule has 0 fully saturated rings. The molecule has 0 heterocycles. The van der Waals surface area contributed by atoms with E-state index in [1.165, 1.54) is 60.9 Å². The first-order valence-electron chi connectivity index (χ1n) is 10.2. The Balaban J connectivity index is 2.90. The molecule has 2 aromatic carbocycles. The second-order valence-corrected chi connectivity index (χ2v) is 8.52. The van der Waals surface area contributed by atoms with Crippen LogP contribution in [0.1, 0.15) is 54.2 Å². The lowest BCUT2D eigenvalue weighted by Crippen LogP contribution is -2.49. The van der Waals surface area contributed by atoms with Crippen molar-refractivity contribution in [1.29, 1.82) is 0 Å². The van der Waals surface area contributed by atoms with Crippen LogP contribution in [0.5, 0.6) is 0 Å². The van der Waals surface area contributed by atoms with Crippen molar-refractivity contribution < 1.29 is 0 Å². The third-order valence-electron chi connectivity index (χ3n) is 5.87. The summed E-state index contributed by atoms with van der Waals surface area (Å²) in [6.07, 6.45) is 4.18. The number of aryl methyl sites for hydroxylation is 6. The van der Waals surface area contributed by atoms with E-state index >= 15 is 0 Å². The molecule has 0 aromatic heterocycles. The summed E-state index contributed by atoms with van der Waals surface area (Å²) in [6.45, 7) is 24.2. The highest BCUT2D eigenvalue weighted by molar-refractivity contribution is 6.92. The lowest BCUT2D eigenvalue weighted by Gasteiger charge is -2.26. The SMILES string of the molecule is C=C/C(C)=C\C(C)=C(/C)B(c1c(C)cc(C)cc1C)c1c(C)cc(C)cc1C. The first-order valence-corrected chi connectivity index (χ1v) is 10.2. The molecule has 0 aliphatic heterocycles. The molecule has 0 amide bonds. The zero-order chi connectivity index (χ0) is 21.2. The zero-order valence-electron chi connectivity index (χ0n) is 19.2. The van der Waals surface area contributed by atoms with Gasteiger partial charge in [0.15, 0.2) is 0 Å². The predicted molar refractivity (Wildman–Crippen MR) is 129 cm³/mol. The molecule has 0 saturated heterocycles. The van der Waals surface area contributed by atoms with Gasteiger partial charge in [0.1, 0.15) is 0 Å². The standard InChI is InChI=1S/C27H35B/c1-11-17(2)12-20(5)25(10)28(26-21(6)13-18(3)14-22(26)7)27-23(8)15-19(4)16-24(27)9/h11-16H,1H2,2-10H3/b17-12-,25-20+. The van der Waals surface area contributed by atoms with Crippen molar-refractivity contribution in [3.63, 3.8) is 0 Å². The van der Waals surface area contributed by atoms with E-state index in [-0.39, 0.29) is 6.71 Å². The normalized spacial score (nSPS) is 12.7. The lowest BCUT2D eigenvalue weighted by molar-refractivity contribution is 1.32. The highest BCUT2D eigenvalue weighted by Crippen LogP contribution is 2.19. The Morgan fingerprint density at radius 2 is 1.07 bits per heavy atom. The minimum Gasteiger partial charge on any atom is -0.0988 e. The molecule has 2 aromatic rings. The van der Waals surface area contributed by atoms with Crippen LogP contribution >= 0.6 is 0 Å². The first-order chi connectivity index (χ1) is 13.1. The molecule has 0 aliphatic carbocycles. The second-order valence-electron chi connectivity index (χ2n) is 8.52. The third-order valence-corrected chi connectivity index (χ3v) is 5.87. The van der Waals surface area contributed by atoms with Crippen LogP contribution in [0.3, 0.4) is 0 Å². The molecule has 0 spiro atoms. The first kappa shape index (κ1) is 22.0. The fourth-order valence-electron chi connectivity index (χ4n) is 4.61. The molecule has 28 heavy (non-hydrogen) atoms. The smallest absolute Gasteiger partial charge is 0.0988 e. The molecule has 0 aliphatic rings. The summed E-state index contributed by atoms with van der Waals surface area (Å²) >= 11 is 0. The van der Waals surface area contributed by atoms with Crippen molar-refractivity contribution in [2.75, 3.05) is 0 Å². The van der Waals surface area contributed by atoms with Crippen LogP contribution in [0.4, 0.5) is 0 Å². The summed E-state index contributed by atoms with van der Waals surface area (Å²) in [5.41, 5.74) is 15.0. The third kappa shape index (κ3) is 4.58. The van der Waals surface area contributed by atoms with E-state index in [2.05, 4.69) is 99.2 Å². The molecular formula is C27H35B. The summed E-state index contributed by atoms with van der Waals surface area (Å²) < 4.78 is 0. The van der Waals surface area contributed by atoms with Gasteiger partial charge in [-0.15, -0.1) is 0 Å². The fraction of sp³-hybridized carbons (Fsp3) is 0.333. The lowest BCUT2D eigenvalue weighted by atomic mass is 9.33. The summed E-state index contributed by atoms with van der Waals surface area (Å²) in [4.78, 5) is 0. The van der Waals surface area contributed by atoms with E-state index < -0.39 is 0 Å². The number of hydrogen-bond donors (Lipinski definition) is 0. The van der Waals surface area contributed by atoms with Gasteiger partial charge in [0, 0.05) is 0 Å². The minimum absolute atomic E-state index is 0.259. The molecule has 0 atom stereocenters. The number of allylic oxidation sites excluding steroid dienone is 5. The van der Waals surface area contributed by atoms with Gasteiger partial charge in [0.25, 0.3) is 0 Å². The van der Waals surface area contributed by atoms with Crippen LogP contribution in [0.15, 0.2) is 59.6 Å². The van der Waals surface area contributed by atoms with E-state index in [0.29, 0.717) is 0 Å². The van der Waals surface area contributed by atoms with Gasteiger partial charge in [-0.1, -0.05) is 111 Å². The molecule has 0 saturated carbocycles. The highest BCUT2D eigenvalue weighted by Gasteiger charge is 2.28. The van der Waals surface area contributed by atoms with Gasteiger partial charge in [-0.2, -0.15) is 0 Å². The van der Waals surface area contributed by atoms with Crippen LogP contribution in [-0.2, 0) is 0 Å². The van der Waals surface area contributed by atoms with Crippen LogP contribution in [0.2, 0.25) is 0 Å². The largest absolute Gasteiger partial charge is 0.238 e. The van der Waals surface area contributed by atoms with E-state index in [1.807, 2.05) is 6.08 Å². The Bertz CT molecular complexity index is 866. The van der Waals surface area contributed by atoms with Crippen LogP contribution in [0.25, 0.3) is 0 Å². The minimum atomic E-state index is 0.259. The Labute approximate surface area is 173 Å². The summed E-state index contributed by atoms with van der Waals surface area (Å²) in [5.74, 6) is 0. The van der Waals surface area contributed by atoms with E-state index in [9.17, 15) is 0 Å². The predicted octanol–water partition coefficient (Wildman–Crippen LogP) is 6.15. The molecular weight excluding hydrogens is 335 g/mol. The topological polar surface area (TPSA) is 0 Å². The average Bonchev–Trinajstić information content (AvgIpc) is 2.57. The second kappa shape index (κ2) is 8.82. The van der Waals surface area contributed by atoms with Gasteiger partial charge in [-0.25, -0.2) is 0 Å². The molecule has 2 rings (SSSR count). The van der Waals surface area contributed by atoms with Crippen molar-refractivity contribution in [3.05, 3.63) is 93.0 Å². The van der Waals surface area contributed by atoms with E-state index in [4.69, 9.17) is 0 Å². The zero-order valence-corrected chi connectivity index (χ0v) is 19.2. The van der Waals surface area contributed by atoms with E-state index in [1.54, 1.807) is 0 Å². The molecule has 0 unspecified atom stereocenters. The van der Waals surface area contributed by atoms with Gasteiger partial charge in [0.05, 0.1) is 0 Å². The van der Waals surface area contributed by atoms with Gasteiger partial charge in [-0.05, 0) is 55.4 Å². The van der Waals surface area contributed by atoms with Crippen LogP contribution in [-0.4, -0.2) is 6.71 Å². The molecule has 0 N–H and O–H groups in total. The van der Waals surface area contributed by atoms with Crippen LogP contribution < -0.4 is 10.9 Å². The molecule has 0 radical (unpaired) electrons. The molecule has 1 heteroatoms. The van der Waals surface area contributed by atoms with Gasteiger partial charge < -0.3 is 0 Å². The Kier molecular flexibility index (Phi) is 6.94. The number of hydrogen-bond acceptors (Lipinski definition) is 0. The van der Waals surface area contributed by atoms with Crippen molar-refractivity contribution in [3.8, 4) is 0 Å². The Morgan fingerprint density at radius 1 is 0.714 bits per heavy atom. The monoisotopic (exact) mass is 370 g/mol. The number of benzene rings is 2. The average molecular weight is 370 g/mol. The fourth-order valence-corrected chi connectivity index (χ4v) is 4.61. The van der Waals surface area contributed by atoms with E-state index in [0.717, 1.165) is 0 Å². The molecule has 146 valence electrons. The van der Waals surface area contributed by atoms with Crippen molar-refractivity contribution in [1.82, 2.24) is 0 Å². The van der Waals surface area contributed by atoms with Crippen molar-refractivity contribution in [2.24, 2.45) is 0 Å². The quantitative estimate of drug-likeness (QED) is 0.437. The maximum absolute atomic E-state index is 3.92. The Morgan fingerprint density at radius 3 is 1.39 bits per heavy atom. The maximum atomic E-state index is 3.92. The van der Waals surface area contributed by atoms with Crippen molar-refractivity contribution >= 4 is 17.6 Å². The Hall–Kier alpha value is -2.28. The molecule has 0 nitrogen and oxygen atoms in total.